The number of carboxylic acid groups (broad SMARTS) is 1. The van der Waals surface area contributed by atoms with Crippen LogP contribution in [0.2, 0.25) is 0 Å². The molecule has 1 N–H and O–H groups in total. The average Bonchev–Trinajstić information content (AvgIpc) is 2.07. The van der Waals surface area contributed by atoms with Crippen LogP contribution in [0.5, 0.6) is 0 Å². The molecule has 0 bridgehead atoms. The van der Waals surface area contributed by atoms with E-state index in [4.69, 9.17) is 5.11 Å². The van der Waals surface area contributed by atoms with Crippen molar-refractivity contribution in [3.8, 4) is 0 Å². The summed E-state index contributed by atoms with van der Waals surface area (Å²) in [5.41, 5.74) is 0. The van der Waals surface area contributed by atoms with Gasteiger partial charge in [-0.25, -0.2) is 0 Å². The van der Waals surface area contributed by atoms with E-state index in [0.29, 0.717) is 0 Å². The molecular weight excluding hydrogens is 245 g/mol. The number of hydrogen-bond acceptors (Lipinski definition) is 3. The summed E-state index contributed by atoms with van der Waals surface area (Å²) >= 11 is 1.10. The lowest BCUT2D eigenvalue weighted by Gasteiger charge is -2.15. The van der Waals surface area contributed by atoms with Crippen LogP contribution in [-0.4, -0.2) is 41.5 Å². The maximum absolute atomic E-state index is 11.7. The van der Waals surface area contributed by atoms with Crippen LogP contribution in [0.1, 0.15) is 13.8 Å². The number of rotatable bonds is 7. The minimum atomic E-state index is -4.32. The van der Waals surface area contributed by atoms with Crippen molar-refractivity contribution >= 4 is 17.7 Å². The number of hydrogen-bond donors (Lipinski definition) is 1. The fourth-order valence-electron chi connectivity index (χ4n) is 0.971. The van der Waals surface area contributed by atoms with Gasteiger partial charge in [0.15, 0.2) is 0 Å². The van der Waals surface area contributed by atoms with Crippen LogP contribution in [0.25, 0.3) is 0 Å². The first kappa shape index (κ1) is 15.6. The van der Waals surface area contributed by atoms with Crippen LogP contribution < -0.4 is 0 Å². The summed E-state index contributed by atoms with van der Waals surface area (Å²) in [6.07, 6.45) is -4.32. The molecule has 0 radical (unpaired) electrons. The molecule has 0 rings (SSSR count). The highest BCUT2D eigenvalue weighted by Gasteiger charge is 2.27. The van der Waals surface area contributed by atoms with Gasteiger partial charge in [-0.3, -0.25) is 4.79 Å². The summed E-state index contributed by atoms with van der Waals surface area (Å²) in [5, 5.41) is 8.19. The molecule has 96 valence electrons. The van der Waals surface area contributed by atoms with E-state index in [1.165, 1.54) is 0 Å². The fourth-order valence-corrected chi connectivity index (χ4v) is 1.97. The van der Waals surface area contributed by atoms with Gasteiger partial charge >= 0.3 is 12.1 Å². The molecule has 7 heteroatoms. The Bertz CT molecular complexity index is 219. The zero-order valence-corrected chi connectivity index (χ0v) is 9.90. The van der Waals surface area contributed by atoms with Crippen LogP contribution in [0, 0.1) is 5.92 Å². The standard InChI is InChI=1S/C9H15F3O3S/c1-6(2)7(8(13)14)16-4-3-15-5-9(10,11)12/h6-7H,3-5H2,1-2H3,(H,13,14). The van der Waals surface area contributed by atoms with Crippen LogP contribution in [0.15, 0.2) is 0 Å². The van der Waals surface area contributed by atoms with Crippen molar-refractivity contribution in [1.82, 2.24) is 0 Å². The van der Waals surface area contributed by atoms with Gasteiger partial charge in [0.05, 0.1) is 6.61 Å². The predicted molar refractivity (Wildman–Crippen MR) is 55.6 cm³/mol. The number of carbonyl (C=O) groups is 1. The first-order valence-corrected chi connectivity index (χ1v) is 5.78. The molecule has 0 saturated heterocycles. The lowest BCUT2D eigenvalue weighted by Crippen LogP contribution is -2.24. The van der Waals surface area contributed by atoms with Crippen molar-refractivity contribution < 1.29 is 27.8 Å². The van der Waals surface area contributed by atoms with Crippen molar-refractivity contribution in [2.24, 2.45) is 5.92 Å². The van der Waals surface area contributed by atoms with E-state index in [2.05, 4.69) is 4.74 Å². The third kappa shape index (κ3) is 7.81. The normalized spacial score (nSPS) is 14.1. The summed E-state index contributed by atoms with van der Waals surface area (Å²) in [6.45, 7) is 2.12. The van der Waals surface area contributed by atoms with E-state index in [1.54, 1.807) is 13.8 Å². The molecule has 0 spiro atoms. The minimum absolute atomic E-state index is 0.0647. The van der Waals surface area contributed by atoms with Crippen molar-refractivity contribution in [2.45, 2.75) is 25.3 Å². The molecule has 0 heterocycles. The van der Waals surface area contributed by atoms with Crippen molar-refractivity contribution in [1.29, 1.82) is 0 Å². The number of thioether (sulfide) groups is 1. The Morgan fingerprint density at radius 2 is 2.00 bits per heavy atom. The molecule has 0 aromatic heterocycles. The van der Waals surface area contributed by atoms with Gasteiger partial charge in [-0.2, -0.15) is 13.2 Å². The minimum Gasteiger partial charge on any atom is -0.480 e. The number of halogens is 3. The summed E-state index contributed by atoms with van der Waals surface area (Å²) in [6, 6.07) is 0. The summed E-state index contributed by atoms with van der Waals surface area (Å²) in [5.74, 6) is -0.772. The Labute approximate surface area is 96.3 Å². The maximum Gasteiger partial charge on any atom is 0.411 e. The third-order valence-electron chi connectivity index (χ3n) is 1.64. The Morgan fingerprint density at radius 3 is 2.38 bits per heavy atom. The predicted octanol–water partition coefficient (Wildman–Crippen LogP) is 2.41. The maximum atomic E-state index is 11.7. The van der Waals surface area contributed by atoms with Gasteiger partial charge in [-0.05, 0) is 5.92 Å². The van der Waals surface area contributed by atoms with E-state index in [1.807, 2.05) is 0 Å². The third-order valence-corrected chi connectivity index (χ3v) is 3.15. The second kappa shape index (κ2) is 7.01. The monoisotopic (exact) mass is 260 g/mol. The lowest BCUT2D eigenvalue weighted by molar-refractivity contribution is -0.172. The quantitative estimate of drug-likeness (QED) is 0.714. The van der Waals surface area contributed by atoms with E-state index >= 15 is 0 Å². The highest BCUT2D eigenvalue weighted by atomic mass is 32.2. The molecule has 0 aliphatic rings. The van der Waals surface area contributed by atoms with Crippen LogP contribution in [0.4, 0.5) is 13.2 Å². The number of carboxylic acids is 1. The first-order chi connectivity index (χ1) is 7.24. The lowest BCUT2D eigenvalue weighted by atomic mass is 10.1. The van der Waals surface area contributed by atoms with Gasteiger partial charge in [0.2, 0.25) is 0 Å². The van der Waals surface area contributed by atoms with Gasteiger partial charge in [0.25, 0.3) is 0 Å². The Balaban J connectivity index is 3.68. The molecule has 0 aromatic rings. The second-order valence-electron chi connectivity index (χ2n) is 3.54. The number of ether oxygens (including phenoxy) is 1. The van der Waals surface area contributed by atoms with Crippen molar-refractivity contribution in [3.05, 3.63) is 0 Å². The molecule has 0 aliphatic carbocycles. The highest BCUT2D eigenvalue weighted by Crippen LogP contribution is 2.20. The largest absolute Gasteiger partial charge is 0.480 e. The van der Waals surface area contributed by atoms with E-state index in [-0.39, 0.29) is 18.3 Å². The average molecular weight is 260 g/mol. The van der Waals surface area contributed by atoms with Gasteiger partial charge in [0, 0.05) is 5.75 Å². The topological polar surface area (TPSA) is 46.5 Å². The zero-order chi connectivity index (χ0) is 12.8. The molecule has 0 aliphatic heterocycles. The SMILES string of the molecule is CC(C)C(SCCOCC(F)(F)F)C(=O)O. The van der Waals surface area contributed by atoms with Gasteiger partial charge in [-0.15, -0.1) is 11.8 Å². The molecule has 0 saturated carbocycles. The summed E-state index contributed by atoms with van der Waals surface area (Å²) in [4.78, 5) is 10.7. The molecule has 3 nitrogen and oxygen atoms in total. The first-order valence-electron chi connectivity index (χ1n) is 4.73. The fraction of sp³-hybridized carbons (Fsp3) is 0.889. The van der Waals surface area contributed by atoms with Crippen molar-refractivity contribution in [2.75, 3.05) is 19.0 Å². The zero-order valence-electron chi connectivity index (χ0n) is 9.08. The molecule has 0 amide bonds. The van der Waals surface area contributed by atoms with Gasteiger partial charge in [0.1, 0.15) is 11.9 Å². The van der Waals surface area contributed by atoms with Gasteiger partial charge < -0.3 is 9.84 Å². The molecule has 0 aromatic carbocycles. The Hall–Kier alpha value is -0.430. The summed E-state index contributed by atoms with van der Waals surface area (Å²) < 4.78 is 39.4. The van der Waals surface area contributed by atoms with Crippen LogP contribution >= 0.6 is 11.8 Å². The van der Waals surface area contributed by atoms with E-state index < -0.39 is 24.0 Å². The summed E-state index contributed by atoms with van der Waals surface area (Å²) in [7, 11) is 0. The molecule has 1 unspecified atom stereocenters. The second-order valence-corrected chi connectivity index (χ2v) is 4.79. The van der Waals surface area contributed by atoms with Gasteiger partial charge in [-0.1, -0.05) is 13.8 Å². The molecule has 0 fully saturated rings. The smallest absolute Gasteiger partial charge is 0.411 e. The van der Waals surface area contributed by atoms with Crippen molar-refractivity contribution in [3.63, 3.8) is 0 Å². The number of aliphatic carboxylic acids is 1. The Kier molecular flexibility index (Phi) is 6.82. The Morgan fingerprint density at radius 1 is 1.44 bits per heavy atom. The molecular formula is C9H15F3O3S. The molecule has 16 heavy (non-hydrogen) atoms. The number of alkyl halides is 3. The van der Waals surface area contributed by atoms with E-state index in [0.717, 1.165) is 11.8 Å². The van der Waals surface area contributed by atoms with E-state index in [9.17, 15) is 18.0 Å². The molecule has 1 atom stereocenters. The van der Waals surface area contributed by atoms with Crippen LogP contribution in [-0.2, 0) is 9.53 Å². The van der Waals surface area contributed by atoms with Crippen LogP contribution in [0.3, 0.4) is 0 Å². The highest BCUT2D eigenvalue weighted by molar-refractivity contribution is 8.00.